The van der Waals surface area contributed by atoms with Crippen molar-refractivity contribution >= 4 is 53.5 Å². The summed E-state index contributed by atoms with van der Waals surface area (Å²) in [5.41, 5.74) is 10.0. The van der Waals surface area contributed by atoms with Gasteiger partial charge in [-0.3, -0.25) is 0 Å². The Morgan fingerprint density at radius 2 is 0.879 bits per heavy atom. The second-order valence-corrected chi connectivity index (χ2v) is 39.4. The van der Waals surface area contributed by atoms with Gasteiger partial charge in [0.2, 0.25) is 0 Å². The zero-order valence-corrected chi connectivity index (χ0v) is 44.2. The molecular weight excluding hydrogens is 871 g/mol. The molecule has 6 aromatic carbocycles. The van der Waals surface area contributed by atoms with Crippen LogP contribution in [-0.2, 0) is 36.2 Å². The number of fused-ring (bicyclic) bond motifs is 2. The third-order valence-corrected chi connectivity index (χ3v) is 16.5. The van der Waals surface area contributed by atoms with E-state index in [1.54, 1.807) is 23.3 Å². The Balaban J connectivity index is 0.000000228. The minimum absolute atomic E-state index is 0. The minimum Gasteiger partial charge on any atom is -1.00 e. The Bertz CT molecular complexity index is 2080. The third kappa shape index (κ3) is 12.6. The van der Waals surface area contributed by atoms with Crippen molar-refractivity contribution in [3.63, 3.8) is 0 Å². The van der Waals surface area contributed by atoms with Crippen molar-refractivity contribution in [3.8, 4) is 22.3 Å². The van der Waals surface area contributed by atoms with Crippen LogP contribution in [0, 0.1) is 10.8 Å². The molecule has 6 aromatic rings. The van der Waals surface area contributed by atoms with Crippen LogP contribution in [0.4, 0.5) is 0 Å². The van der Waals surface area contributed by atoms with Crippen LogP contribution in [-0.4, -0.2) is 21.6 Å². The van der Waals surface area contributed by atoms with Gasteiger partial charge in [0, 0.05) is 0 Å². The summed E-state index contributed by atoms with van der Waals surface area (Å²) in [7, 11) is -2.47. The zero-order valence-electron chi connectivity index (χ0n) is 37.2. The van der Waals surface area contributed by atoms with E-state index in [2.05, 4.69) is 175 Å². The van der Waals surface area contributed by atoms with Crippen LogP contribution in [0.1, 0.15) is 76.3 Å². The molecule has 0 unspecified atom stereocenters. The summed E-state index contributed by atoms with van der Waals surface area (Å²) < 4.78 is 0. The average molecular weight is 940 g/mol. The molecule has 2 aliphatic rings. The van der Waals surface area contributed by atoms with Crippen molar-refractivity contribution in [2.45, 2.75) is 130 Å². The maximum atomic E-state index is 2.47. The number of halogens is 2. The van der Waals surface area contributed by atoms with Gasteiger partial charge in [0.25, 0.3) is 0 Å². The first kappa shape index (κ1) is 48.9. The maximum Gasteiger partial charge on any atom is -1.00 e. The smallest absolute Gasteiger partial charge is 1.00 e. The van der Waals surface area contributed by atoms with Crippen molar-refractivity contribution in [1.29, 1.82) is 0 Å². The van der Waals surface area contributed by atoms with Crippen molar-refractivity contribution in [3.05, 3.63) is 120 Å². The van der Waals surface area contributed by atoms with E-state index in [1.165, 1.54) is 130 Å². The first-order chi connectivity index (χ1) is 26.5. The Morgan fingerprint density at radius 3 is 1.16 bits per heavy atom. The number of hydrogen-bond acceptors (Lipinski definition) is 0. The van der Waals surface area contributed by atoms with Gasteiger partial charge >= 0.3 is 41.9 Å². The molecule has 0 saturated heterocycles. The predicted octanol–water partition coefficient (Wildman–Crippen LogP) is 8.58. The molecule has 0 N–H and O–H groups in total. The van der Waals surface area contributed by atoms with Crippen LogP contribution in [0.25, 0.3) is 43.8 Å². The fourth-order valence-corrected chi connectivity index (χ4v) is 11.2. The van der Waals surface area contributed by atoms with Crippen LogP contribution in [0.5, 0.6) is 0 Å². The molecule has 58 heavy (non-hydrogen) atoms. The van der Waals surface area contributed by atoms with Crippen molar-refractivity contribution in [2.75, 3.05) is 0 Å². The Hall–Kier alpha value is -1.79. The van der Waals surface area contributed by atoms with Crippen LogP contribution in [0.15, 0.2) is 109 Å². The Labute approximate surface area is 382 Å². The molecule has 0 spiro atoms. The van der Waals surface area contributed by atoms with Gasteiger partial charge in [0.15, 0.2) is 0 Å². The molecule has 308 valence electrons. The van der Waals surface area contributed by atoms with Gasteiger partial charge < -0.3 is 24.8 Å². The topological polar surface area (TPSA) is 0 Å². The predicted molar refractivity (Wildman–Crippen MR) is 254 cm³/mol. The van der Waals surface area contributed by atoms with Gasteiger partial charge in [-0.1, -0.05) is 148 Å². The van der Waals surface area contributed by atoms with Crippen molar-refractivity contribution in [2.24, 2.45) is 10.8 Å². The summed E-state index contributed by atoms with van der Waals surface area (Å²) in [6, 6.07) is 42.1. The van der Waals surface area contributed by atoms with Crippen molar-refractivity contribution in [1.82, 2.24) is 0 Å². The van der Waals surface area contributed by atoms with Crippen molar-refractivity contribution < 1.29 is 48.1 Å². The molecular formula is C52H68Cl2Si3Zr-2. The van der Waals surface area contributed by atoms with Crippen LogP contribution < -0.4 is 35.2 Å². The number of benzene rings is 4. The second-order valence-electron chi connectivity index (χ2n) is 19.9. The van der Waals surface area contributed by atoms with Gasteiger partial charge in [-0.15, -0.1) is 69.1 Å². The summed E-state index contributed by atoms with van der Waals surface area (Å²) in [4.78, 5) is 0. The van der Waals surface area contributed by atoms with Crippen LogP contribution in [0.2, 0.25) is 52.4 Å². The second kappa shape index (κ2) is 20.4. The molecule has 0 amide bonds. The van der Waals surface area contributed by atoms with E-state index < -0.39 is 16.1 Å². The molecule has 0 atom stereocenters. The van der Waals surface area contributed by atoms with E-state index in [4.69, 9.17) is 0 Å². The molecule has 8 rings (SSSR count). The standard InChI is InChI=1S/2C25H31Si.C2H6Si.2ClH.Zr/c2*1-5-13-25(14-15-25)18-19-16-21-7-6-8-23(24(21)17-19)20-9-11-22(12-10-20)26(2,3)4;1-3-2;;;/h2*6-12,16-17H,5,13-15,18H2,1-4H3;1-2H3;2*1H;/q2*-1;;;;+2/p-2. The summed E-state index contributed by atoms with van der Waals surface area (Å²) in [6.45, 7) is 23.7. The van der Waals surface area contributed by atoms with Gasteiger partial charge in [-0.25, -0.2) is 0 Å². The molecule has 2 aliphatic carbocycles. The Kier molecular flexibility index (Phi) is 17.2. The summed E-state index contributed by atoms with van der Waals surface area (Å²) in [5, 5.41) is 8.72. The van der Waals surface area contributed by atoms with Crippen LogP contribution in [0.3, 0.4) is 0 Å². The number of hydrogen-bond donors (Lipinski definition) is 0. The zero-order chi connectivity index (χ0) is 40.3. The first-order valence-corrected chi connectivity index (χ1v) is 34.8. The fraction of sp³-hybridized carbons (Fsp3) is 0.423. The largest absolute Gasteiger partial charge is 1.00 e. The molecule has 0 aliphatic heterocycles. The van der Waals surface area contributed by atoms with E-state index >= 15 is 0 Å². The molecule has 2 fully saturated rings. The average Bonchev–Trinajstić information content (AvgIpc) is 3.98. The maximum absolute atomic E-state index is 2.47. The molecule has 0 heterocycles. The molecule has 0 aromatic heterocycles. The van der Waals surface area contributed by atoms with E-state index in [0.717, 1.165) is 0 Å². The fourth-order valence-electron chi connectivity index (χ4n) is 8.91. The van der Waals surface area contributed by atoms with E-state index in [-0.39, 0.29) is 30.2 Å². The molecule has 0 nitrogen and oxygen atoms in total. The third-order valence-electron chi connectivity index (χ3n) is 12.4. The molecule has 0 radical (unpaired) electrons. The minimum atomic E-state index is -1.23. The summed E-state index contributed by atoms with van der Waals surface area (Å²) in [6.07, 6.45) is 13.6. The van der Waals surface area contributed by atoms with Gasteiger partial charge in [0.05, 0.1) is 16.1 Å². The monoisotopic (exact) mass is 936 g/mol. The van der Waals surface area contributed by atoms with E-state index in [0.29, 0.717) is 10.8 Å². The van der Waals surface area contributed by atoms with Gasteiger partial charge in [-0.2, -0.15) is 12.1 Å². The molecule has 0 bridgehead atoms. The van der Waals surface area contributed by atoms with Gasteiger partial charge in [0.1, 0.15) is 0 Å². The molecule has 6 heteroatoms. The number of rotatable bonds is 12. The normalized spacial score (nSPS) is 15.0. The van der Waals surface area contributed by atoms with Gasteiger partial charge in [-0.05, 0) is 73.3 Å². The van der Waals surface area contributed by atoms with E-state index in [9.17, 15) is 0 Å². The van der Waals surface area contributed by atoms with E-state index in [1.807, 2.05) is 0 Å². The van der Waals surface area contributed by atoms with Crippen LogP contribution >= 0.6 is 0 Å². The first-order valence-electron chi connectivity index (χ1n) is 21.6. The summed E-state index contributed by atoms with van der Waals surface area (Å²) in [5.74, 6) is 0. The summed E-state index contributed by atoms with van der Waals surface area (Å²) >= 11 is 1.74. The SMILES string of the molecule is CCCC1(Cc2cc3c(-c4ccc([Si](C)(C)C)cc4)cccc3[cH-]2)CC1.CCCC1(Cc2cc3c(-c4ccc([Si](C)(C)C)cc4)cccc3[cH-]2)CC1.C[Si](C)=[Zr+2].[Cl-].[Cl-]. The molecule has 2 saturated carbocycles. The Morgan fingerprint density at radius 1 is 0.552 bits per heavy atom. The quantitative estimate of drug-likeness (QED) is 0.0853.